The van der Waals surface area contributed by atoms with Gasteiger partial charge in [-0.15, -0.1) is 0 Å². The fourth-order valence-electron chi connectivity index (χ4n) is 2.31. The molecule has 5 nitrogen and oxygen atoms in total. The summed E-state index contributed by atoms with van der Waals surface area (Å²) in [5.41, 5.74) is 1.99. The first-order valence-corrected chi connectivity index (χ1v) is 8.32. The topological polar surface area (TPSA) is 55.8 Å². The van der Waals surface area contributed by atoms with Crippen LogP contribution in [0.3, 0.4) is 0 Å². The van der Waals surface area contributed by atoms with Gasteiger partial charge in [-0.3, -0.25) is 0 Å². The Labute approximate surface area is 144 Å². The zero-order chi connectivity index (χ0) is 18.3. The van der Waals surface area contributed by atoms with Gasteiger partial charge in [-0.05, 0) is 50.8 Å². The SMILES string of the molecule is CCCCc1cc(CN(C)C(=O)OC(C)(C)C)ccc1C(=O)OC. The number of hydrogen-bond donors (Lipinski definition) is 0. The van der Waals surface area contributed by atoms with Gasteiger partial charge in [-0.25, -0.2) is 9.59 Å². The summed E-state index contributed by atoms with van der Waals surface area (Å²) in [4.78, 5) is 25.5. The average molecular weight is 335 g/mol. The fourth-order valence-corrected chi connectivity index (χ4v) is 2.31. The van der Waals surface area contributed by atoms with Crippen LogP contribution in [0.1, 0.15) is 62.0 Å². The van der Waals surface area contributed by atoms with Gasteiger partial charge in [0.2, 0.25) is 0 Å². The molecule has 0 saturated carbocycles. The lowest BCUT2D eigenvalue weighted by molar-refractivity contribution is 0.0284. The third-order valence-electron chi connectivity index (χ3n) is 3.50. The molecule has 0 fully saturated rings. The Morgan fingerprint density at radius 1 is 1.21 bits per heavy atom. The van der Waals surface area contributed by atoms with Crippen LogP contribution >= 0.6 is 0 Å². The third-order valence-corrected chi connectivity index (χ3v) is 3.50. The van der Waals surface area contributed by atoms with E-state index in [0.29, 0.717) is 12.1 Å². The molecule has 1 rings (SSSR count). The van der Waals surface area contributed by atoms with Gasteiger partial charge in [0.1, 0.15) is 5.60 Å². The fraction of sp³-hybridized carbons (Fsp3) is 0.579. The van der Waals surface area contributed by atoms with E-state index in [0.717, 1.165) is 30.4 Å². The first-order chi connectivity index (χ1) is 11.2. The normalized spacial score (nSPS) is 11.1. The molecule has 1 aromatic carbocycles. The van der Waals surface area contributed by atoms with Crippen LogP contribution in [0.4, 0.5) is 4.79 Å². The number of methoxy groups -OCH3 is 1. The lowest BCUT2D eigenvalue weighted by Gasteiger charge is -2.25. The number of esters is 1. The first-order valence-electron chi connectivity index (χ1n) is 8.32. The van der Waals surface area contributed by atoms with Crippen LogP contribution < -0.4 is 0 Å². The zero-order valence-corrected chi connectivity index (χ0v) is 15.6. The molecule has 0 radical (unpaired) electrons. The summed E-state index contributed by atoms with van der Waals surface area (Å²) in [6.07, 6.45) is 2.48. The largest absolute Gasteiger partial charge is 0.465 e. The smallest absolute Gasteiger partial charge is 0.410 e. The van der Waals surface area contributed by atoms with Gasteiger partial charge in [0, 0.05) is 13.6 Å². The second kappa shape index (κ2) is 8.71. The van der Waals surface area contributed by atoms with Crippen molar-refractivity contribution >= 4 is 12.1 Å². The molecular formula is C19H29NO4. The highest BCUT2D eigenvalue weighted by atomic mass is 16.6. The molecule has 0 bridgehead atoms. The Hall–Kier alpha value is -2.04. The molecule has 24 heavy (non-hydrogen) atoms. The monoisotopic (exact) mass is 335 g/mol. The molecule has 0 aliphatic heterocycles. The quantitative estimate of drug-likeness (QED) is 0.732. The molecular weight excluding hydrogens is 306 g/mol. The van der Waals surface area contributed by atoms with Gasteiger partial charge in [0.25, 0.3) is 0 Å². The highest BCUT2D eigenvalue weighted by Crippen LogP contribution is 2.18. The second-order valence-electron chi connectivity index (χ2n) is 6.92. The molecule has 0 spiro atoms. The Kier molecular flexibility index (Phi) is 7.26. The number of rotatable bonds is 6. The number of carbonyl (C=O) groups excluding carboxylic acids is 2. The molecule has 0 N–H and O–H groups in total. The van der Waals surface area contributed by atoms with Crippen LogP contribution in [0.2, 0.25) is 0 Å². The van der Waals surface area contributed by atoms with E-state index < -0.39 is 5.60 Å². The molecule has 0 saturated heterocycles. The van der Waals surface area contributed by atoms with Crippen LogP contribution in [-0.2, 0) is 22.4 Å². The molecule has 0 unspecified atom stereocenters. The minimum atomic E-state index is -0.521. The summed E-state index contributed by atoms with van der Waals surface area (Å²) >= 11 is 0. The molecule has 0 heterocycles. The molecule has 134 valence electrons. The van der Waals surface area contributed by atoms with Crippen molar-refractivity contribution in [3.63, 3.8) is 0 Å². The van der Waals surface area contributed by atoms with Gasteiger partial charge >= 0.3 is 12.1 Å². The molecule has 1 aromatic rings. The van der Waals surface area contributed by atoms with Crippen molar-refractivity contribution in [2.24, 2.45) is 0 Å². The Bertz CT molecular complexity index is 575. The first kappa shape index (κ1) is 20.0. The number of nitrogens with zero attached hydrogens (tertiary/aromatic N) is 1. The van der Waals surface area contributed by atoms with Gasteiger partial charge in [0.05, 0.1) is 12.7 Å². The van der Waals surface area contributed by atoms with Crippen molar-refractivity contribution in [3.05, 3.63) is 34.9 Å². The maximum atomic E-state index is 12.1. The number of hydrogen-bond acceptors (Lipinski definition) is 4. The van der Waals surface area contributed by atoms with Gasteiger partial charge < -0.3 is 14.4 Å². The number of amides is 1. The van der Waals surface area contributed by atoms with E-state index >= 15 is 0 Å². The predicted octanol–water partition coefficient (Wildman–Crippen LogP) is 4.18. The maximum absolute atomic E-state index is 12.1. The average Bonchev–Trinajstić information content (AvgIpc) is 2.50. The van der Waals surface area contributed by atoms with E-state index in [1.54, 1.807) is 13.1 Å². The second-order valence-corrected chi connectivity index (χ2v) is 6.92. The number of carbonyl (C=O) groups is 2. The molecule has 5 heteroatoms. The van der Waals surface area contributed by atoms with Gasteiger partial charge in [0.15, 0.2) is 0 Å². The van der Waals surface area contributed by atoms with Gasteiger partial charge in [-0.2, -0.15) is 0 Å². The minimum absolute atomic E-state index is 0.326. The molecule has 1 amide bonds. The van der Waals surface area contributed by atoms with Crippen molar-refractivity contribution in [2.45, 2.75) is 59.1 Å². The van der Waals surface area contributed by atoms with Crippen LogP contribution in [-0.4, -0.2) is 36.7 Å². The van der Waals surface area contributed by atoms with Crippen molar-refractivity contribution in [3.8, 4) is 0 Å². The zero-order valence-electron chi connectivity index (χ0n) is 15.6. The Morgan fingerprint density at radius 2 is 1.88 bits per heavy atom. The van der Waals surface area contributed by atoms with E-state index in [1.165, 1.54) is 12.0 Å². The number of aryl methyl sites for hydroxylation is 1. The molecule has 0 atom stereocenters. The van der Waals surface area contributed by atoms with E-state index in [4.69, 9.17) is 9.47 Å². The van der Waals surface area contributed by atoms with E-state index in [9.17, 15) is 9.59 Å². The highest BCUT2D eigenvalue weighted by molar-refractivity contribution is 5.91. The van der Waals surface area contributed by atoms with Crippen LogP contribution in [0.15, 0.2) is 18.2 Å². The van der Waals surface area contributed by atoms with Crippen LogP contribution in [0, 0.1) is 0 Å². The lowest BCUT2D eigenvalue weighted by Crippen LogP contribution is -2.33. The van der Waals surface area contributed by atoms with Crippen molar-refractivity contribution in [1.29, 1.82) is 0 Å². The number of benzene rings is 1. The van der Waals surface area contributed by atoms with E-state index in [-0.39, 0.29) is 12.1 Å². The summed E-state index contributed by atoms with van der Waals surface area (Å²) in [6, 6.07) is 5.60. The summed E-state index contributed by atoms with van der Waals surface area (Å²) in [6.45, 7) is 8.06. The van der Waals surface area contributed by atoms with E-state index in [1.807, 2.05) is 32.9 Å². The van der Waals surface area contributed by atoms with Crippen molar-refractivity contribution in [1.82, 2.24) is 4.90 Å². The van der Waals surface area contributed by atoms with Crippen molar-refractivity contribution < 1.29 is 19.1 Å². The Balaban J connectivity index is 2.92. The van der Waals surface area contributed by atoms with Crippen LogP contribution in [0.5, 0.6) is 0 Å². The minimum Gasteiger partial charge on any atom is -0.465 e. The third kappa shape index (κ3) is 6.22. The van der Waals surface area contributed by atoms with Gasteiger partial charge in [-0.1, -0.05) is 25.5 Å². The highest BCUT2D eigenvalue weighted by Gasteiger charge is 2.20. The van der Waals surface area contributed by atoms with Crippen molar-refractivity contribution in [2.75, 3.05) is 14.2 Å². The summed E-state index contributed by atoms with van der Waals surface area (Å²) in [5.74, 6) is -0.326. The lowest BCUT2D eigenvalue weighted by atomic mass is 9.99. The molecule has 0 aromatic heterocycles. The number of ether oxygens (including phenoxy) is 2. The summed E-state index contributed by atoms with van der Waals surface area (Å²) < 4.78 is 10.2. The van der Waals surface area contributed by atoms with E-state index in [2.05, 4.69) is 6.92 Å². The number of unbranched alkanes of at least 4 members (excludes halogenated alkanes) is 1. The predicted molar refractivity (Wildman–Crippen MR) is 94.1 cm³/mol. The molecule has 0 aliphatic carbocycles. The Morgan fingerprint density at radius 3 is 2.42 bits per heavy atom. The summed E-state index contributed by atoms with van der Waals surface area (Å²) in [5, 5.41) is 0. The molecule has 0 aliphatic rings. The summed E-state index contributed by atoms with van der Waals surface area (Å²) in [7, 11) is 3.09. The maximum Gasteiger partial charge on any atom is 0.410 e. The van der Waals surface area contributed by atoms with Crippen LogP contribution in [0.25, 0.3) is 0 Å². The standard InChI is InChI=1S/C19H29NO4/c1-7-8-9-15-12-14(10-11-16(15)17(21)23-6)13-20(5)18(22)24-19(2,3)4/h10-12H,7-9,13H2,1-6H3.